The number of carbonyl (C=O) groups is 1. The summed E-state index contributed by atoms with van der Waals surface area (Å²) >= 11 is 0. The van der Waals surface area contributed by atoms with Crippen molar-refractivity contribution >= 4 is 17.3 Å². The summed E-state index contributed by atoms with van der Waals surface area (Å²) in [7, 11) is 0. The summed E-state index contributed by atoms with van der Waals surface area (Å²) in [5, 5.41) is 8.61. The number of azo groups is 1. The fraction of sp³-hybridized carbons (Fsp3) is 0.500. The van der Waals surface area contributed by atoms with Gasteiger partial charge in [-0.1, -0.05) is 64.9 Å². The zero-order chi connectivity index (χ0) is 25.7. The van der Waals surface area contributed by atoms with Crippen LogP contribution in [-0.4, -0.2) is 25.8 Å². The van der Waals surface area contributed by atoms with Crippen molar-refractivity contribution in [2.45, 2.75) is 77.6 Å². The second kappa shape index (κ2) is 19.1. The highest BCUT2D eigenvalue weighted by atomic mass is 16.5. The van der Waals surface area contributed by atoms with E-state index in [4.69, 9.17) is 14.2 Å². The molecule has 0 aliphatic carbocycles. The van der Waals surface area contributed by atoms with Crippen LogP contribution in [0.1, 0.15) is 77.6 Å². The Bertz CT molecular complexity index is 879. The van der Waals surface area contributed by atoms with Crippen molar-refractivity contribution in [1.29, 1.82) is 0 Å². The Balaban J connectivity index is 1.52. The van der Waals surface area contributed by atoms with Crippen molar-refractivity contribution < 1.29 is 19.0 Å². The first-order valence-corrected chi connectivity index (χ1v) is 13.4. The lowest BCUT2D eigenvalue weighted by Gasteiger charge is -2.06. The van der Waals surface area contributed by atoms with Gasteiger partial charge in [-0.2, -0.15) is 10.2 Å². The number of benzene rings is 2. The summed E-state index contributed by atoms with van der Waals surface area (Å²) in [6.45, 7) is 7.54. The average molecular weight is 495 g/mol. The van der Waals surface area contributed by atoms with Crippen molar-refractivity contribution in [3.8, 4) is 11.5 Å². The minimum absolute atomic E-state index is 0.334. The highest BCUT2D eigenvalue weighted by Gasteiger charge is 1.99. The highest BCUT2D eigenvalue weighted by Crippen LogP contribution is 2.23. The topological polar surface area (TPSA) is 69.5 Å². The molecule has 2 aromatic rings. The molecule has 0 atom stereocenters. The first-order chi connectivity index (χ1) is 17.7. The van der Waals surface area contributed by atoms with E-state index >= 15 is 0 Å². The molecule has 0 aromatic heterocycles. The average Bonchev–Trinajstić information content (AvgIpc) is 2.91. The predicted octanol–water partition coefficient (Wildman–Crippen LogP) is 8.90. The Hall–Kier alpha value is -3.15. The fourth-order valence-corrected chi connectivity index (χ4v) is 3.56. The molecule has 196 valence electrons. The number of rotatable bonds is 20. The Kier molecular flexibility index (Phi) is 15.4. The minimum atomic E-state index is -0.334. The van der Waals surface area contributed by atoms with Crippen LogP contribution in [0, 0.1) is 0 Å². The smallest absolute Gasteiger partial charge is 0.330 e. The van der Waals surface area contributed by atoms with Crippen molar-refractivity contribution in [2.24, 2.45) is 10.2 Å². The second-order valence-electron chi connectivity index (χ2n) is 8.79. The number of nitrogens with zero attached hydrogens (tertiary/aromatic N) is 2. The van der Waals surface area contributed by atoms with Crippen LogP contribution in [0.5, 0.6) is 11.5 Å². The van der Waals surface area contributed by atoms with Crippen molar-refractivity contribution in [2.75, 3.05) is 19.8 Å². The molecule has 0 N–H and O–H groups in total. The van der Waals surface area contributed by atoms with Gasteiger partial charge in [-0.05, 0) is 67.8 Å². The monoisotopic (exact) mass is 494 g/mol. The first-order valence-electron chi connectivity index (χ1n) is 13.4. The van der Waals surface area contributed by atoms with Gasteiger partial charge in [0.15, 0.2) is 0 Å². The van der Waals surface area contributed by atoms with Gasteiger partial charge in [-0.15, -0.1) is 0 Å². The summed E-state index contributed by atoms with van der Waals surface area (Å²) in [5.74, 6) is 1.39. The lowest BCUT2D eigenvalue weighted by Crippen LogP contribution is -2.01. The van der Waals surface area contributed by atoms with Gasteiger partial charge < -0.3 is 14.2 Å². The molecule has 0 spiro atoms. The van der Waals surface area contributed by atoms with Crippen LogP contribution in [0.4, 0.5) is 11.4 Å². The maximum Gasteiger partial charge on any atom is 0.330 e. The van der Waals surface area contributed by atoms with Gasteiger partial charge in [0.05, 0.1) is 31.2 Å². The van der Waals surface area contributed by atoms with Crippen molar-refractivity contribution in [3.63, 3.8) is 0 Å². The largest absolute Gasteiger partial charge is 0.494 e. The molecular weight excluding hydrogens is 452 g/mol. The van der Waals surface area contributed by atoms with Crippen LogP contribution in [-0.2, 0) is 9.53 Å². The molecule has 0 saturated carbocycles. The van der Waals surface area contributed by atoms with Crippen LogP contribution in [0.15, 0.2) is 71.4 Å². The predicted molar refractivity (Wildman–Crippen MR) is 146 cm³/mol. The van der Waals surface area contributed by atoms with E-state index in [1.165, 1.54) is 51.0 Å². The molecule has 0 aliphatic rings. The van der Waals surface area contributed by atoms with E-state index in [9.17, 15) is 4.79 Å². The number of esters is 1. The number of carbonyl (C=O) groups excluding carboxylic acids is 1. The summed E-state index contributed by atoms with van der Waals surface area (Å²) in [4.78, 5) is 10.9. The molecule has 6 nitrogen and oxygen atoms in total. The summed E-state index contributed by atoms with van der Waals surface area (Å²) < 4.78 is 16.5. The van der Waals surface area contributed by atoms with Gasteiger partial charge in [0.2, 0.25) is 0 Å². The maximum absolute atomic E-state index is 10.9. The Labute approximate surface area is 216 Å². The fourth-order valence-electron chi connectivity index (χ4n) is 3.56. The van der Waals surface area contributed by atoms with Crippen LogP contribution in [0.2, 0.25) is 0 Å². The molecule has 0 unspecified atom stereocenters. The van der Waals surface area contributed by atoms with E-state index in [1.807, 2.05) is 48.5 Å². The number of hydrogen-bond donors (Lipinski definition) is 0. The summed E-state index contributed by atoms with van der Waals surface area (Å²) in [5.41, 5.74) is 1.59. The molecule has 2 rings (SSSR count). The van der Waals surface area contributed by atoms with Crippen LogP contribution in [0.3, 0.4) is 0 Å². The van der Waals surface area contributed by atoms with Gasteiger partial charge in [-0.25, -0.2) is 4.79 Å². The molecule has 0 amide bonds. The molecule has 0 radical (unpaired) electrons. The highest BCUT2D eigenvalue weighted by molar-refractivity contribution is 5.81. The molecule has 6 heteroatoms. The molecule has 0 saturated heterocycles. The zero-order valence-electron chi connectivity index (χ0n) is 21.8. The molecule has 0 fully saturated rings. The van der Waals surface area contributed by atoms with E-state index in [1.54, 1.807) is 0 Å². The summed E-state index contributed by atoms with van der Waals surface area (Å²) in [6.07, 6.45) is 13.8. The van der Waals surface area contributed by atoms with Crippen molar-refractivity contribution in [1.82, 2.24) is 0 Å². The van der Waals surface area contributed by atoms with Gasteiger partial charge in [0.25, 0.3) is 0 Å². The van der Waals surface area contributed by atoms with Crippen LogP contribution in [0.25, 0.3) is 0 Å². The van der Waals surface area contributed by atoms with E-state index in [0.29, 0.717) is 6.61 Å². The van der Waals surface area contributed by atoms with Gasteiger partial charge in [0.1, 0.15) is 11.5 Å². The first kappa shape index (κ1) is 29.1. The number of ether oxygens (including phenoxy) is 3. The Morgan fingerprint density at radius 1 is 0.667 bits per heavy atom. The number of hydrogen-bond acceptors (Lipinski definition) is 6. The normalized spacial score (nSPS) is 10.9. The van der Waals surface area contributed by atoms with Gasteiger partial charge in [0, 0.05) is 6.08 Å². The second-order valence-corrected chi connectivity index (χ2v) is 8.79. The zero-order valence-corrected chi connectivity index (χ0v) is 21.8. The molecule has 2 aromatic carbocycles. The lowest BCUT2D eigenvalue weighted by molar-refractivity contribution is -0.137. The summed E-state index contributed by atoms with van der Waals surface area (Å²) in [6, 6.07) is 15.4. The van der Waals surface area contributed by atoms with E-state index in [-0.39, 0.29) is 5.97 Å². The molecule has 0 aliphatic heterocycles. The molecule has 0 heterocycles. The Morgan fingerprint density at radius 2 is 1.08 bits per heavy atom. The minimum Gasteiger partial charge on any atom is -0.494 e. The van der Waals surface area contributed by atoms with Gasteiger partial charge >= 0.3 is 5.97 Å². The standard InChI is InChI=1S/C30H42N2O4/c1-3-5-12-23-34-28-19-15-26(16-20-28)31-32-27-17-21-29(22-18-27)35-24-13-10-8-6-7-9-11-14-25-36-30(33)4-2/h4,15-22H,2-3,5-14,23-25H2,1H3. The van der Waals surface area contributed by atoms with E-state index in [2.05, 4.69) is 23.7 Å². The number of unbranched alkanes of at least 4 members (excludes halogenated alkanes) is 9. The SMILES string of the molecule is C=CC(=O)OCCCCCCCCCCOc1ccc(N=Nc2ccc(OCCCCC)cc2)cc1. The van der Waals surface area contributed by atoms with Crippen LogP contribution >= 0.6 is 0 Å². The Morgan fingerprint density at radius 3 is 1.53 bits per heavy atom. The van der Waals surface area contributed by atoms with E-state index in [0.717, 1.165) is 61.8 Å². The van der Waals surface area contributed by atoms with Gasteiger partial charge in [-0.3, -0.25) is 0 Å². The molecule has 0 bridgehead atoms. The third-order valence-electron chi connectivity index (χ3n) is 5.69. The third-order valence-corrected chi connectivity index (χ3v) is 5.69. The molecule has 36 heavy (non-hydrogen) atoms. The van der Waals surface area contributed by atoms with Crippen LogP contribution < -0.4 is 9.47 Å². The molecular formula is C30H42N2O4. The third kappa shape index (κ3) is 13.7. The van der Waals surface area contributed by atoms with Crippen molar-refractivity contribution in [3.05, 3.63) is 61.2 Å². The maximum atomic E-state index is 10.9. The van der Waals surface area contributed by atoms with E-state index < -0.39 is 0 Å². The quantitative estimate of drug-likeness (QED) is 0.0797. The lowest BCUT2D eigenvalue weighted by atomic mass is 10.1.